The first-order chi connectivity index (χ1) is 18.7. The van der Waals surface area contributed by atoms with Gasteiger partial charge in [0, 0.05) is 43.0 Å². The lowest BCUT2D eigenvalue weighted by Gasteiger charge is -2.16. The smallest absolute Gasteiger partial charge is 0.395 e. The van der Waals surface area contributed by atoms with E-state index in [9.17, 15) is 22.4 Å². The number of fused-ring (bicyclic) bond motifs is 1. The first-order valence-corrected chi connectivity index (χ1v) is 11.9. The van der Waals surface area contributed by atoms with Gasteiger partial charge in [-0.15, -0.1) is 0 Å². The molecule has 3 heterocycles. The van der Waals surface area contributed by atoms with Crippen LogP contribution >= 0.6 is 0 Å². The van der Waals surface area contributed by atoms with E-state index in [1.807, 2.05) is 0 Å². The zero-order chi connectivity index (χ0) is 27.7. The normalized spacial score (nSPS) is 11.7. The molecule has 0 saturated heterocycles. The fraction of sp³-hybridized carbons (Fsp3) is 0.185. The quantitative estimate of drug-likeness (QED) is 0.311. The predicted octanol–water partition coefficient (Wildman–Crippen LogP) is 4.28. The van der Waals surface area contributed by atoms with Gasteiger partial charge in [0.25, 0.3) is 5.56 Å². The predicted molar refractivity (Wildman–Crippen MR) is 137 cm³/mol. The minimum Gasteiger partial charge on any atom is -0.395 e. The summed E-state index contributed by atoms with van der Waals surface area (Å²) >= 11 is 0. The molecule has 2 aromatic carbocycles. The largest absolute Gasteiger partial charge is 0.416 e. The number of hydrogen-bond donors (Lipinski definition) is 1. The number of likely N-dealkylation sites (N-methyl/N-ethyl adjacent to an activating group) is 1. The molecule has 8 nitrogen and oxygen atoms in total. The van der Waals surface area contributed by atoms with Crippen LogP contribution < -0.4 is 10.5 Å². The Hall–Kier alpha value is -4.58. The number of alkyl halides is 3. The highest BCUT2D eigenvalue weighted by Crippen LogP contribution is 2.33. The molecule has 0 atom stereocenters. The van der Waals surface area contributed by atoms with Crippen LogP contribution in [0.5, 0.6) is 0 Å². The molecule has 0 fully saturated rings. The Morgan fingerprint density at radius 1 is 1.05 bits per heavy atom. The van der Waals surface area contributed by atoms with E-state index >= 15 is 0 Å². The molecule has 0 amide bonds. The van der Waals surface area contributed by atoms with Gasteiger partial charge in [0.05, 0.1) is 30.1 Å². The molecule has 0 aliphatic carbocycles. The van der Waals surface area contributed by atoms with Gasteiger partial charge in [-0.05, 0) is 42.5 Å². The van der Waals surface area contributed by atoms with Crippen molar-refractivity contribution in [1.29, 1.82) is 0 Å². The molecule has 0 aliphatic heterocycles. The molecule has 0 spiro atoms. The van der Waals surface area contributed by atoms with Crippen LogP contribution in [0.2, 0.25) is 0 Å². The van der Waals surface area contributed by atoms with Crippen molar-refractivity contribution in [2.45, 2.75) is 12.7 Å². The SMILES string of the molecule is CN(CCO)c1nccc(Cn2ccc(-c3nn(-c4ccc(C(F)(F)F)cc4)c4c(F)cccc34)cc2=O)n1. The second-order valence-corrected chi connectivity index (χ2v) is 8.82. The summed E-state index contributed by atoms with van der Waals surface area (Å²) in [6, 6.07) is 13.3. The summed E-state index contributed by atoms with van der Waals surface area (Å²) in [5, 5.41) is 14.0. The van der Waals surface area contributed by atoms with Gasteiger partial charge in [-0.3, -0.25) is 4.79 Å². The van der Waals surface area contributed by atoms with Crippen LogP contribution in [0.15, 0.2) is 77.9 Å². The van der Waals surface area contributed by atoms with Gasteiger partial charge in [-0.2, -0.15) is 18.3 Å². The van der Waals surface area contributed by atoms with Gasteiger partial charge in [-0.1, -0.05) is 12.1 Å². The van der Waals surface area contributed by atoms with Crippen molar-refractivity contribution in [2.75, 3.05) is 25.1 Å². The first-order valence-electron chi connectivity index (χ1n) is 11.9. The molecule has 12 heteroatoms. The van der Waals surface area contributed by atoms with E-state index in [1.165, 1.54) is 39.6 Å². The summed E-state index contributed by atoms with van der Waals surface area (Å²) < 4.78 is 56.7. The fourth-order valence-corrected chi connectivity index (χ4v) is 4.18. The van der Waals surface area contributed by atoms with Crippen molar-refractivity contribution >= 4 is 16.9 Å². The minimum absolute atomic E-state index is 0.0573. The summed E-state index contributed by atoms with van der Waals surface area (Å²) in [6.45, 7) is 0.459. The van der Waals surface area contributed by atoms with Gasteiger partial charge in [0.2, 0.25) is 5.95 Å². The third kappa shape index (κ3) is 5.23. The molecular formula is C27H22F4N6O2. The number of para-hydroxylation sites is 1. The van der Waals surface area contributed by atoms with E-state index in [2.05, 4.69) is 15.1 Å². The van der Waals surface area contributed by atoms with Gasteiger partial charge < -0.3 is 14.6 Å². The zero-order valence-electron chi connectivity index (χ0n) is 20.6. The number of anilines is 1. The number of aromatic nitrogens is 5. The monoisotopic (exact) mass is 538 g/mol. The fourth-order valence-electron chi connectivity index (χ4n) is 4.18. The molecule has 0 radical (unpaired) electrons. The molecule has 3 aromatic heterocycles. The summed E-state index contributed by atoms with van der Waals surface area (Å²) in [6.07, 6.45) is -1.37. The number of halogens is 4. The number of hydrogen-bond acceptors (Lipinski definition) is 6. The van der Waals surface area contributed by atoms with Crippen LogP contribution in [0, 0.1) is 5.82 Å². The molecular weight excluding hydrogens is 516 g/mol. The number of nitrogens with zero attached hydrogens (tertiary/aromatic N) is 6. The first kappa shape index (κ1) is 26.0. The lowest BCUT2D eigenvalue weighted by Crippen LogP contribution is -2.24. The topological polar surface area (TPSA) is 89.1 Å². The second-order valence-electron chi connectivity index (χ2n) is 8.82. The van der Waals surface area contributed by atoms with E-state index in [-0.39, 0.29) is 29.9 Å². The van der Waals surface area contributed by atoms with Gasteiger partial charge >= 0.3 is 6.18 Å². The van der Waals surface area contributed by atoms with Crippen molar-refractivity contribution in [3.8, 4) is 16.9 Å². The summed E-state index contributed by atoms with van der Waals surface area (Å²) in [5.74, 6) is -0.196. The van der Waals surface area contributed by atoms with E-state index in [0.717, 1.165) is 12.1 Å². The minimum atomic E-state index is -4.51. The summed E-state index contributed by atoms with van der Waals surface area (Å²) in [5.41, 5.74) is 0.444. The van der Waals surface area contributed by atoms with Crippen LogP contribution in [0.25, 0.3) is 27.8 Å². The van der Waals surface area contributed by atoms with Gasteiger partial charge in [-0.25, -0.2) is 19.0 Å². The van der Waals surface area contributed by atoms with Crippen molar-refractivity contribution in [1.82, 2.24) is 24.3 Å². The Morgan fingerprint density at radius 2 is 1.82 bits per heavy atom. The van der Waals surface area contributed by atoms with E-state index in [0.29, 0.717) is 34.8 Å². The Bertz CT molecular complexity index is 1700. The van der Waals surface area contributed by atoms with E-state index in [1.54, 1.807) is 42.5 Å². The van der Waals surface area contributed by atoms with Crippen LogP contribution in [0.3, 0.4) is 0 Å². The van der Waals surface area contributed by atoms with E-state index < -0.39 is 17.6 Å². The maximum atomic E-state index is 14.9. The number of aliphatic hydroxyl groups is 1. The molecule has 5 rings (SSSR count). The zero-order valence-corrected chi connectivity index (χ0v) is 20.6. The molecule has 0 aliphatic rings. The summed E-state index contributed by atoms with van der Waals surface area (Å²) in [4.78, 5) is 23.3. The molecule has 0 saturated carbocycles. The van der Waals surface area contributed by atoms with Crippen LogP contribution in [-0.4, -0.2) is 49.6 Å². The molecule has 39 heavy (non-hydrogen) atoms. The van der Waals surface area contributed by atoms with Crippen LogP contribution in [0.1, 0.15) is 11.3 Å². The third-order valence-corrected chi connectivity index (χ3v) is 6.17. The number of aliphatic hydroxyl groups excluding tert-OH is 1. The van der Waals surface area contributed by atoms with Crippen molar-refractivity contribution in [2.24, 2.45) is 0 Å². The van der Waals surface area contributed by atoms with Crippen molar-refractivity contribution in [3.05, 3.63) is 100 Å². The molecule has 0 unspecified atom stereocenters. The molecule has 200 valence electrons. The Kier molecular flexibility index (Phi) is 6.87. The Morgan fingerprint density at radius 3 is 2.51 bits per heavy atom. The van der Waals surface area contributed by atoms with E-state index in [4.69, 9.17) is 5.11 Å². The maximum absolute atomic E-state index is 14.9. The Balaban J connectivity index is 1.51. The number of rotatable bonds is 7. The second kappa shape index (κ2) is 10.3. The summed E-state index contributed by atoms with van der Waals surface area (Å²) in [7, 11) is 1.74. The van der Waals surface area contributed by atoms with Crippen LogP contribution in [0.4, 0.5) is 23.5 Å². The number of pyridine rings is 1. The van der Waals surface area contributed by atoms with Gasteiger partial charge in [0.15, 0.2) is 0 Å². The highest BCUT2D eigenvalue weighted by atomic mass is 19.4. The van der Waals surface area contributed by atoms with Crippen molar-refractivity contribution < 1.29 is 22.7 Å². The Labute approximate surface area is 219 Å². The molecule has 1 N–H and O–H groups in total. The van der Waals surface area contributed by atoms with Crippen LogP contribution in [-0.2, 0) is 12.7 Å². The molecule has 0 bridgehead atoms. The van der Waals surface area contributed by atoms with Gasteiger partial charge in [0.1, 0.15) is 17.0 Å². The average Bonchev–Trinajstić information content (AvgIpc) is 3.31. The third-order valence-electron chi connectivity index (χ3n) is 6.17. The maximum Gasteiger partial charge on any atom is 0.416 e. The lowest BCUT2D eigenvalue weighted by molar-refractivity contribution is -0.137. The highest BCUT2D eigenvalue weighted by molar-refractivity contribution is 5.94. The average molecular weight is 539 g/mol. The van der Waals surface area contributed by atoms with Crippen molar-refractivity contribution in [3.63, 3.8) is 0 Å². The molecule has 5 aromatic rings. The number of benzene rings is 2. The lowest BCUT2D eigenvalue weighted by atomic mass is 10.1. The highest BCUT2D eigenvalue weighted by Gasteiger charge is 2.30. The standard InChI is InChI=1S/C27H22F4N6O2/c1-35(13-14-38)26-32-11-9-19(33-26)16-36-12-10-17(15-23(36)39)24-21-3-2-4-22(28)25(21)37(34-24)20-7-5-18(6-8-20)27(29,30)31/h2-12,15,38H,13-14,16H2,1H3.